The number of hydrogen-bond donors (Lipinski definition) is 1. The van der Waals surface area contributed by atoms with E-state index in [2.05, 4.69) is 9.97 Å². The van der Waals surface area contributed by atoms with Crippen LogP contribution in [0.15, 0.2) is 18.5 Å². The average molecular weight is 150 g/mol. The summed E-state index contributed by atoms with van der Waals surface area (Å²) in [5.41, 5.74) is 1.36. The van der Waals surface area contributed by atoms with E-state index in [1.807, 2.05) is 0 Å². The van der Waals surface area contributed by atoms with Crippen LogP contribution in [0.25, 0.3) is 10.9 Å². The highest BCUT2D eigenvalue weighted by atomic mass is 19.1. The zero-order valence-corrected chi connectivity index (χ0v) is 6.06. The van der Waals surface area contributed by atoms with Crippen molar-refractivity contribution in [2.75, 3.05) is 0 Å². The quantitative estimate of drug-likeness (QED) is 0.611. The minimum atomic E-state index is -0.201. The number of aromatic nitrogens is 2. The number of rotatable bonds is 0. The van der Waals surface area contributed by atoms with Crippen LogP contribution in [-0.4, -0.2) is 9.97 Å². The topological polar surface area (TPSA) is 28.7 Å². The van der Waals surface area contributed by atoms with E-state index in [0.717, 1.165) is 5.52 Å². The molecule has 2 heterocycles. The molecule has 0 spiro atoms. The second-order valence-electron chi connectivity index (χ2n) is 2.49. The van der Waals surface area contributed by atoms with Gasteiger partial charge in [0.25, 0.3) is 0 Å². The zero-order valence-electron chi connectivity index (χ0n) is 6.06. The van der Waals surface area contributed by atoms with E-state index in [1.165, 1.54) is 6.20 Å². The Hall–Kier alpha value is -1.38. The van der Waals surface area contributed by atoms with E-state index in [0.29, 0.717) is 11.1 Å². The first-order valence-corrected chi connectivity index (χ1v) is 3.37. The van der Waals surface area contributed by atoms with Gasteiger partial charge in [0.15, 0.2) is 5.82 Å². The fourth-order valence-electron chi connectivity index (χ4n) is 1.14. The number of nitrogens with zero attached hydrogens (tertiary/aromatic N) is 1. The predicted molar refractivity (Wildman–Crippen MR) is 40.8 cm³/mol. The zero-order chi connectivity index (χ0) is 7.84. The van der Waals surface area contributed by atoms with Crippen LogP contribution in [-0.2, 0) is 0 Å². The van der Waals surface area contributed by atoms with Crippen molar-refractivity contribution in [1.82, 2.24) is 9.97 Å². The van der Waals surface area contributed by atoms with Crippen LogP contribution in [0.3, 0.4) is 0 Å². The van der Waals surface area contributed by atoms with Crippen LogP contribution in [0.5, 0.6) is 0 Å². The lowest BCUT2D eigenvalue weighted by molar-refractivity contribution is 0.629. The fraction of sp³-hybridized carbons (Fsp3) is 0.125. The highest BCUT2D eigenvalue weighted by Gasteiger charge is 2.05. The third-order valence-corrected chi connectivity index (χ3v) is 1.71. The highest BCUT2D eigenvalue weighted by Crippen LogP contribution is 2.17. The van der Waals surface area contributed by atoms with E-state index >= 15 is 0 Å². The van der Waals surface area contributed by atoms with Crippen molar-refractivity contribution < 1.29 is 4.39 Å². The predicted octanol–water partition coefficient (Wildman–Crippen LogP) is 2.01. The second kappa shape index (κ2) is 2.05. The number of fused-ring (bicyclic) bond motifs is 1. The van der Waals surface area contributed by atoms with Gasteiger partial charge in [0.1, 0.15) is 0 Å². The normalized spacial score (nSPS) is 10.7. The molecule has 0 saturated heterocycles. The number of aromatic amines is 1. The van der Waals surface area contributed by atoms with E-state index in [1.54, 1.807) is 19.2 Å². The van der Waals surface area contributed by atoms with Crippen molar-refractivity contribution >= 4 is 10.9 Å². The van der Waals surface area contributed by atoms with E-state index in [4.69, 9.17) is 0 Å². The molecule has 0 aromatic carbocycles. The van der Waals surface area contributed by atoms with Crippen molar-refractivity contribution in [3.63, 3.8) is 0 Å². The van der Waals surface area contributed by atoms with E-state index < -0.39 is 0 Å². The molecule has 0 saturated carbocycles. The Morgan fingerprint density at radius 3 is 3.09 bits per heavy atom. The van der Waals surface area contributed by atoms with Gasteiger partial charge in [-0.2, -0.15) is 0 Å². The molecule has 0 unspecified atom stereocenters. The lowest BCUT2D eigenvalue weighted by Crippen LogP contribution is -1.73. The minimum Gasteiger partial charge on any atom is -0.356 e. The number of aryl methyl sites for hydroxylation is 1. The smallest absolute Gasteiger partial charge is 0.152 e. The molecule has 0 aliphatic carbocycles. The number of H-pyrrole nitrogens is 1. The lowest BCUT2D eigenvalue weighted by Gasteiger charge is -1.84. The SMILES string of the molecule is Cc1[nH]c2ccncc2c1F. The number of pyridine rings is 1. The van der Waals surface area contributed by atoms with Gasteiger partial charge in [-0.15, -0.1) is 0 Å². The van der Waals surface area contributed by atoms with Crippen LogP contribution >= 0.6 is 0 Å². The Labute approximate surface area is 63.1 Å². The summed E-state index contributed by atoms with van der Waals surface area (Å²) in [5.74, 6) is -0.201. The summed E-state index contributed by atoms with van der Waals surface area (Å²) in [6, 6.07) is 1.76. The Balaban J connectivity index is 2.92. The first-order chi connectivity index (χ1) is 5.29. The standard InChI is InChI=1S/C8H7FN2/c1-5-8(9)6-4-10-3-2-7(6)11-5/h2-4,11H,1H3. The summed E-state index contributed by atoms with van der Waals surface area (Å²) in [6.07, 6.45) is 3.16. The molecule has 0 atom stereocenters. The summed E-state index contributed by atoms with van der Waals surface area (Å²) in [6.45, 7) is 1.70. The maximum atomic E-state index is 13.1. The number of hydrogen-bond acceptors (Lipinski definition) is 1. The van der Waals surface area contributed by atoms with Gasteiger partial charge in [-0.05, 0) is 13.0 Å². The van der Waals surface area contributed by atoms with Crippen molar-refractivity contribution in [3.05, 3.63) is 30.0 Å². The molecule has 2 rings (SSSR count). The van der Waals surface area contributed by atoms with Crippen LogP contribution in [0, 0.1) is 12.7 Å². The van der Waals surface area contributed by atoms with Crippen LogP contribution in [0.1, 0.15) is 5.69 Å². The van der Waals surface area contributed by atoms with E-state index in [9.17, 15) is 4.39 Å². The number of nitrogens with one attached hydrogen (secondary N) is 1. The Kier molecular flexibility index (Phi) is 1.18. The molecule has 0 bridgehead atoms. The molecule has 11 heavy (non-hydrogen) atoms. The van der Waals surface area contributed by atoms with Gasteiger partial charge in [0.05, 0.1) is 10.9 Å². The van der Waals surface area contributed by atoms with Gasteiger partial charge in [-0.3, -0.25) is 4.98 Å². The molecule has 2 nitrogen and oxygen atoms in total. The fourth-order valence-corrected chi connectivity index (χ4v) is 1.14. The third-order valence-electron chi connectivity index (χ3n) is 1.71. The van der Waals surface area contributed by atoms with E-state index in [-0.39, 0.29) is 5.82 Å². The summed E-state index contributed by atoms with van der Waals surface area (Å²) in [7, 11) is 0. The highest BCUT2D eigenvalue weighted by molar-refractivity contribution is 5.79. The lowest BCUT2D eigenvalue weighted by atomic mass is 10.3. The molecule has 1 N–H and O–H groups in total. The van der Waals surface area contributed by atoms with Crippen LogP contribution < -0.4 is 0 Å². The van der Waals surface area contributed by atoms with Gasteiger partial charge in [-0.1, -0.05) is 0 Å². The number of halogens is 1. The molecule has 2 aromatic heterocycles. The van der Waals surface area contributed by atoms with Gasteiger partial charge >= 0.3 is 0 Å². The third kappa shape index (κ3) is 0.808. The second-order valence-corrected chi connectivity index (χ2v) is 2.49. The Morgan fingerprint density at radius 2 is 2.36 bits per heavy atom. The van der Waals surface area contributed by atoms with Crippen molar-refractivity contribution in [2.24, 2.45) is 0 Å². The van der Waals surface area contributed by atoms with Gasteiger partial charge in [0.2, 0.25) is 0 Å². The molecule has 3 heteroatoms. The van der Waals surface area contributed by atoms with Gasteiger partial charge in [0, 0.05) is 18.1 Å². The summed E-state index contributed by atoms with van der Waals surface area (Å²) < 4.78 is 13.1. The summed E-state index contributed by atoms with van der Waals surface area (Å²) in [4.78, 5) is 6.74. The summed E-state index contributed by atoms with van der Waals surface area (Å²) >= 11 is 0. The molecule has 56 valence electrons. The average Bonchev–Trinajstić information content (AvgIpc) is 2.30. The Morgan fingerprint density at radius 1 is 1.55 bits per heavy atom. The maximum Gasteiger partial charge on any atom is 0.152 e. The van der Waals surface area contributed by atoms with Gasteiger partial charge in [-0.25, -0.2) is 4.39 Å². The van der Waals surface area contributed by atoms with Crippen LogP contribution in [0.2, 0.25) is 0 Å². The molecule has 0 fully saturated rings. The summed E-state index contributed by atoms with van der Waals surface area (Å²) in [5, 5.41) is 0.560. The molecule has 2 aromatic rings. The molecule has 0 aliphatic heterocycles. The van der Waals surface area contributed by atoms with Gasteiger partial charge < -0.3 is 4.98 Å². The molecular formula is C8H7FN2. The van der Waals surface area contributed by atoms with Crippen molar-refractivity contribution in [1.29, 1.82) is 0 Å². The molecule has 0 aliphatic rings. The van der Waals surface area contributed by atoms with Crippen molar-refractivity contribution in [3.8, 4) is 0 Å². The monoisotopic (exact) mass is 150 g/mol. The Bertz CT molecular complexity index is 392. The molecular weight excluding hydrogens is 143 g/mol. The molecule has 0 radical (unpaired) electrons. The molecule has 0 amide bonds. The largest absolute Gasteiger partial charge is 0.356 e. The van der Waals surface area contributed by atoms with Crippen molar-refractivity contribution in [2.45, 2.75) is 6.92 Å². The van der Waals surface area contributed by atoms with Crippen LogP contribution in [0.4, 0.5) is 4.39 Å². The minimum absolute atomic E-state index is 0.201. The first kappa shape index (κ1) is 6.34. The maximum absolute atomic E-state index is 13.1. The first-order valence-electron chi connectivity index (χ1n) is 3.37.